The van der Waals surface area contributed by atoms with E-state index in [9.17, 15) is 14.4 Å². The van der Waals surface area contributed by atoms with Crippen LogP contribution in [0.1, 0.15) is 21.5 Å². The van der Waals surface area contributed by atoms with Crippen molar-refractivity contribution in [3.63, 3.8) is 0 Å². The van der Waals surface area contributed by atoms with Crippen LogP contribution in [0.3, 0.4) is 0 Å². The Bertz CT molecular complexity index is 1130. The van der Waals surface area contributed by atoms with Gasteiger partial charge in [0.25, 0.3) is 5.91 Å². The van der Waals surface area contributed by atoms with Crippen molar-refractivity contribution in [2.24, 2.45) is 5.73 Å². The summed E-state index contributed by atoms with van der Waals surface area (Å²) in [4.78, 5) is 38.0. The van der Waals surface area contributed by atoms with E-state index < -0.39 is 5.91 Å². The maximum atomic E-state index is 12.1. The maximum Gasteiger partial charge on any atom is 0.251 e. The zero-order chi connectivity index (χ0) is 22.1. The molecule has 0 aliphatic carbocycles. The Kier molecular flexibility index (Phi) is 7.37. The molecule has 0 fully saturated rings. The number of H-pyrrole nitrogens is 1. The maximum absolute atomic E-state index is 12.1. The van der Waals surface area contributed by atoms with Gasteiger partial charge in [-0.05, 0) is 52.9 Å². The Labute approximate surface area is 180 Å². The zero-order valence-corrected chi connectivity index (χ0v) is 16.9. The number of amides is 3. The van der Waals surface area contributed by atoms with Gasteiger partial charge in [0.1, 0.15) is 0 Å². The first kappa shape index (κ1) is 21.6. The average Bonchev–Trinajstić information content (AvgIpc) is 3.22. The second-order valence-electron chi connectivity index (χ2n) is 6.92. The summed E-state index contributed by atoms with van der Waals surface area (Å²) in [7, 11) is 0. The fourth-order valence-electron chi connectivity index (χ4n) is 2.96. The minimum atomic E-state index is -0.414. The topological polar surface area (TPSA) is 117 Å². The lowest BCUT2D eigenvalue weighted by Gasteiger charge is -2.04. The molecule has 1 heterocycles. The Morgan fingerprint density at radius 1 is 0.935 bits per heavy atom. The van der Waals surface area contributed by atoms with Crippen LogP contribution in [0.5, 0.6) is 0 Å². The molecule has 0 spiro atoms. The zero-order valence-electron chi connectivity index (χ0n) is 16.9. The highest BCUT2D eigenvalue weighted by molar-refractivity contribution is 5.94. The van der Waals surface area contributed by atoms with Gasteiger partial charge in [-0.2, -0.15) is 0 Å². The molecular formula is C24H24N4O3. The van der Waals surface area contributed by atoms with E-state index >= 15 is 0 Å². The van der Waals surface area contributed by atoms with Gasteiger partial charge in [0.05, 0.1) is 6.42 Å². The van der Waals surface area contributed by atoms with Crippen molar-refractivity contribution in [1.29, 1.82) is 0 Å². The minimum absolute atomic E-state index is 0.147. The molecule has 2 aromatic carbocycles. The number of carbonyl (C=O) groups excluding carboxylic acids is 3. The summed E-state index contributed by atoms with van der Waals surface area (Å²) in [6.07, 6.45) is 8.82. The fourth-order valence-corrected chi connectivity index (χ4v) is 2.96. The number of fused-ring (bicyclic) bond motifs is 1. The number of aromatic amines is 1. The molecule has 7 nitrogen and oxygen atoms in total. The third kappa shape index (κ3) is 6.71. The Balaban J connectivity index is 1.36. The SMILES string of the molecule is NC(=O)Cc1ccc(C(=O)NC/C=C/CNC(=O)/C=C/c2ccc3[nH]ccc3c2)cc1. The number of nitrogens with two attached hydrogens (primary N) is 1. The molecule has 5 N–H and O–H groups in total. The molecule has 0 unspecified atom stereocenters. The quantitative estimate of drug-likeness (QED) is 0.317. The summed E-state index contributed by atoms with van der Waals surface area (Å²) < 4.78 is 0. The van der Waals surface area contributed by atoms with Crippen molar-refractivity contribution in [2.45, 2.75) is 6.42 Å². The first-order valence-electron chi connectivity index (χ1n) is 9.85. The van der Waals surface area contributed by atoms with Gasteiger partial charge >= 0.3 is 0 Å². The van der Waals surface area contributed by atoms with E-state index in [0.29, 0.717) is 18.7 Å². The molecule has 0 bridgehead atoms. The second-order valence-corrected chi connectivity index (χ2v) is 6.92. The van der Waals surface area contributed by atoms with Crippen LogP contribution in [-0.2, 0) is 16.0 Å². The van der Waals surface area contributed by atoms with Gasteiger partial charge in [-0.25, -0.2) is 0 Å². The van der Waals surface area contributed by atoms with Crippen LogP contribution in [0.2, 0.25) is 0 Å². The summed E-state index contributed by atoms with van der Waals surface area (Å²) in [5.74, 6) is -0.830. The van der Waals surface area contributed by atoms with Crippen LogP contribution in [0.15, 0.2) is 73.0 Å². The lowest BCUT2D eigenvalue weighted by Crippen LogP contribution is -2.24. The van der Waals surface area contributed by atoms with Gasteiger partial charge in [-0.3, -0.25) is 14.4 Å². The van der Waals surface area contributed by atoms with Crippen molar-refractivity contribution >= 4 is 34.7 Å². The standard InChI is InChI=1S/C24H24N4O3/c25-22(29)16-18-3-7-19(8-4-18)24(31)28-13-2-1-12-27-23(30)10-6-17-5-9-21-20(15-17)11-14-26-21/h1-11,14-15,26H,12-13,16H2,(H2,25,29)(H,27,30)(H,28,31)/b2-1+,10-6+. The molecule has 3 rings (SSSR count). The molecule has 3 aromatic rings. The largest absolute Gasteiger partial charge is 0.369 e. The first-order chi connectivity index (χ1) is 15.0. The number of rotatable bonds is 9. The highest BCUT2D eigenvalue weighted by Crippen LogP contribution is 2.15. The summed E-state index contributed by atoms with van der Waals surface area (Å²) in [6, 6.07) is 14.6. The van der Waals surface area contributed by atoms with Gasteiger partial charge in [0, 0.05) is 36.4 Å². The number of aromatic nitrogens is 1. The summed E-state index contributed by atoms with van der Waals surface area (Å²) >= 11 is 0. The number of carbonyl (C=O) groups is 3. The van der Waals surface area contributed by atoms with Gasteiger partial charge in [-0.15, -0.1) is 0 Å². The van der Waals surface area contributed by atoms with Gasteiger partial charge in [0.15, 0.2) is 0 Å². The van der Waals surface area contributed by atoms with Crippen molar-refractivity contribution in [3.05, 3.63) is 89.6 Å². The van der Waals surface area contributed by atoms with E-state index in [0.717, 1.165) is 22.0 Å². The molecule has 0 aliphatic rings. The van der Waals surface area contributed by atoms with E-state index in [1.807, 2.05) is 30.5 Å². The van der Waals surface area contributed by atoms with Gasteiger partial charge < -0.3 is 21.4 Å². The van der Waals surface area contributed by atoms with Crippen LogP contribution in [-0.4, -0.2) is 35.8 Å². The van der Waals surface area contributed by atoms with E-state index in [2.05, 4.69) is 15.6 Å². The molecule has 7 heteroatoms. The molecule has 0 saturated carbocycles. The van der Waals surface area contributed by atoms with Crippen LogP contribution >= 0.6 is 0 Å². The molecular weight excluding hydrogens is 392 g/mol. The number of nitrogens with one attached hydrogen (secondary N) is 3. The van der Waals surface area contributed by atoms with E-state index in [1.165, 1.54) is 6.08 Å². The fraction of sp³-hybridized carbons (Fsp3) is 0.125. The average molecular weight is 416 g/mol. The number of benzene rings is 2. The monoisotopic (exact) mass is 416 g/mol. The van der Waals surface area contributed by atoms with Crippen LogP contribution < -0.4 is 16.4 Å². The molecule has 0 atom stereocenters. The second kappa shape index (κ2) is 10.6. The lowest BCUT2D eigenvalue weighted by atomic mass is 10.1. The Hall–Kier alpha value is -4.13. The summed E-state index contributed by atoms with van der Waals surface area (Å²) in [6.45, 7) is 0.696. The predicted octanol–water partition coefficient (Wildman–Crippen LogP) is 2.31. The molecule has 0 saturated heterocycles. The Morgan fingerprint density at radius 3 is 2.42 bits per heavy atom. The third-order valence-corrected chi connectivity index (χ3v) is 4.54. The third-order valence-electron chi connectivity index (χ3n) is 4.54. The molecule has 31 heavy (non-hydrogen) atoms. The van der Waals surface area contributed by atoms with Gasteiger partial charge in [-0.1, -0.05) is 30.4 Å². The van der Waals surface area contributed by atoms with Crippen LogP contribution in [0, 0.1) is 0 Å². The first-order valence-corrected chi connectivity index (χ1v) is 9.85. The predicted molar refractivity (Wildman–Crippen MR) is 121 cm³/mol. The Morgan fingerprint density at radius 2 is 1.68 bits per heavy atom. The summed E-state index contributed by atoms with van der Waals surface area (Å²) in [5, 5.41) is 6.61. The van der Waals surface area contributed by atoms with Crippen molar-refractivity contribution in [2.75, 3.05) is 13.1 Å². The van der Waals surface area contributed by atoms with E-state index in [-0.39, 0.29) is 18.2 Å². The molecule has 0 aliphatic heterocycles. The number of primary amides is 1. The highest BCUT2D eigenvalue weighted by atomic mass is 16.2. The minimum Gasteiger partial charge on any atom is -0.369 e. The van der Waals surface area contributed by atoms with Gasteiger partial charge in [0.2, 0.25) is 11.8 Å². The van der Waals surface area contributed by atoms with E-state index in [1.54, 1.807) is 42.5 Å². The highest BCUT2D eigenvalue weighted by Gasteiger charge is 2.05. The van der Waals surface area contributed by atoms with Crippen molar-refractivity contribution < 1.29 is 14.4 Å². The normalized spacial score (nSPS) is 11.2. The molecule has 1 aromatic heterocycles. The van der Waals surface area contributed by atoms with Crippen LogP contribution in [0.25, 0.3) is 17.0 Å². The van der Waals surface area contributed by atoms with Crippen molar-refractivity contribution in [1.82, 2.24) is 15.6 Å². The van der Waals surface area contributed by atoms with E-state index in [4.69, 9.17) is 5.73 Å². The molecule has 158 valence electrons. The molecule has 3 amide bonds. The number of hydrogen-bond acceptors (Lipinski definition) is 3. The van der Waals surface area contributed by atoms with Crippen molar-refractivity contribution in [3.8, 4) is 0 Å². The molecule has 0 radical (unpaired) electrons. The van der Waals surface area contributed by atoms with Crippen LogP contribution in [0.4, 0.5) is 0 Å². The smallest absolute Gasteiger partial charge is 0.251 e. The lowest BCUT2D eigenvalue weighted by molar-refractivity contribution is -0.117. The number of hydrogen-bond donors (Lipinski definition) is 4. The summed E-state index contributed by atoms with van der Waals surface area (Å²) in [5.41, 5.74) is 8.41.